The molecule has 0 saturated heterocycles. The summed E-state index contributed by atoms with van der Waals surface area (Å²) in [5, 5.41) is 17.6. The van der Waals surface area contributed by atoms with Crippen molar-refractivity contribution in [1.29, 1.82) is 10.5 Å². The first-order valence-electron chi connectivity index (χ1n) is 9.28. The standard InChI is InChI=1S/C20H20N4O4S2/c21-13-15-1-9-19(10-2-15)29(25,26)23-17-5-7-18(8-6-17)24-30(27,28)20-11-3-16(14-22)4-12-20/h1-4,9-12,17-18,23-24H,5-8H2. The molecule has 1 aliphatic carbocycles. The molecule has 2 N–H and O–H groups in total. The van der Waals surface area contributed by atoms with Gasteiger partial charge in [0.1, 0.15) is 0 Å². The van der Waals surface area contributed by atoms with Gasteiger partial charge in [-0.15, -0.1) is 0 Å². The van der Waals surface area contributed by atoms with Gasteiger partial charge in [0.05, 0.1) is 33.1 Å². The topological polar surface area (TPSA) is 140 Å². The van der Waals surface area contributed by atoms with Gasteiger partial charge in [-0.05, 0) is 74.2 Å². The summed E-state index contributed by atoms with van der Waals surface area (Å²) in [6, 6.07) is 14.6. The van der Waals surface area contributed by atoms with Crippen molar-refractivity contribution in [3.8, 4) is 12.1 Å². The highest BCUT2D eigenvalue weighted by Gasteiger charge is 2.28. The Morgan fingerprint density at radius 3 is 1.20 bits per heavy atom. The molecule has 1 aliphatic rings. The van der Waals surface area contributed by atoms with E-state index in [2.05, 4.69) is 9.44 Å². The largest absolute Gasteiger partial charge is 0.240 e. The Morgan fingerprint density at radius 2 is 0.933 bits per heavy atom. The molecule has 2 aromatic rings. The smallest absolute Gasteiger partial charge is 0.208 e. The van der Waals surface area contributed by atoms with Crippen molar-refractivity contribution in [1.82, 2.24) is 9.44 Å². The minimum atomic E-state index is -3.71. The SMILES string of the molecule is N#Cc1ccc(S(=O)(=O)NC2CCC(NS(=O)(=O)c3ccc(C#N)cc3)CC2)cc1. The second-order valence-electron chi connectivity index (χ2n) is 7.06. The molecule has 0 amide bonds. The molecule has 1 fully saturated rings. The van der Waals surface area contributed by atoms with E-state index in [0.29, 0.717) is 36.8 Å². The van der Waals surface area contributed by atoms with Gasteiger partial charge >= 0.3 is 0 Å². The molecule has 30 heavy (non-hydrogen) atoms. The second-order valence-corrected chi connectivity index (χ2v) is 10.5. The minimum absolute atomic E-state index is 0.0881. The van der Waals surface area contributed by atoms with Gasteiger partial charge in [-0.3, -0.25) is 0 Å². The summed E-state index contributed by atoms with van der Waals surface area (Å²) in [5.41, 5.74) is 0.757. The predicted octanol–water partition coefficient (Wildman–Crippen LogP) is 2.00. The molecule has 0 bridgehead atoms. The fourth-order valence-electron chi connectivity index (χ4n) is 3.32. The summed E-state index contributed by atoms with van der Waals surface area (Å²) in [4.78, 5) is 0.176. The van der Waals surface area contributed by atoms with E-state index in [0.717, 1.165) is 0 Å². The summed E-state index contributed by atoms with van der Waals surface area (Å²) in [5.74, 6) is 0. The maximum absolute atomic E-state index is 12.5. The molecule has 0 aliphatic heterocycles. The highest BCUT2D eigenvalue weighted by atomic mass is 32.2. The molecule has 0 unspecified atom stereocenters. The van der Waals surface area contributed by atoms with Gasteiger partial charge < -0.3 is 0 Å². The highest BCUT2D eigenvalue weighted by Crippen LogP contribution is 2.23. The summed E-state index contributed by atoms with van der Waals surface area (Å²) in [6.07, 6.45) is 1.98. The maximum Gasteiger partial charge on any atom is 0.240 e. The zero-order valence-electron chi connectivity index (χ0n) is 15.9. The van der Waals surface area contributed by atoms with E-state index in [-0.39, 0.29) is 21.9 Å². The van der Waals surface area contributed by atoms with Gasteiger partial charge in [-0.2, -0.15) is 10.5 Å². The number of hydrogen-bond donors (Lipinski definition) is 2. The van der Waals surface area contributed by atoms with E-state index in [1.165, 1.54) is 48.5 Å². The van der Waals surface area contributed by atoms with E-state index >= 15 is 0 Å². The normalized spacial score (nSPS) is 19.5. The number of nitrogens with one attached hydrogen (secondary N) is 2. The maximum atomic E-state index is 12.5. The minimum Gasteiger partial charge on any atom is -0.208 e. The van der Waals surface area contributed by atoms with Crippen LogP contribution in [0.4, 0.5) is 0 Å². The molecule has 2 aromatic carbocycles. The van der Waals surface area contributed by atoms with Crippen LogP contribution in [-0.2, 0) is 20.0 Å². The third-order valence-corrected chi connectivity index (χ3v) is 8.03. The predicted molar refractivity (Wildman–Crippen MR) is 109 cm³/mol. The van der Waals surface area contributed by atoms with E-state index in [9.17, 15) is 16.8 Å². The van der Waals surface area contributed by atoms with Crippen molar-refractivity contribution in [2.24, 2.45) is 0 Å². The highest BCUT2D eigenvalue weighted by molar-refractivity contribution is 7.89. The van der Waals surface area contributed by atoms with Crippen molar-refractivity contribution in [3.63, 3.8) is 0 Å². The summed E-state index contributed by atoms with van der Waals surface area (Å²) < 4.78 is 55.4. The van der Waals surface area contributed by atoms with Gasteiger partial charge in [0.2, 0.25) is 20.0 Å². The lowest BCUT2D eigenvalue weighted by molar-refractivity contribution is 0.356. The molecule has 0 heterocycles. The number of rotatable bonds is 6. The first kappa shape index (κ1) is 21.9. The average molecular weight is 445 g/mol. The third-order valence-electron chi connectivity index (χ3n) is 4.96. The molecular weight excluding hydrogens is 424 g/mol. The Balaban J connectivity index is 1.57. The van der Waals surface area contributed by atoms with Gasteiger partial charge in [-0.25, -0.2) is 26.3 Å². The molecule has 3 rings (SSSR count). The van der Waals surface area contributed by atoms with Gasteiger partial charge in [0, 0.05) is 12.1 Å². The molecule has 1 saturated carbocycles. The summed E-state index contributed by atoms with van der Waals surface area (Å²) in [6.45, 7) is 0. The first-order valence-corrected chi connectivity index (χ1v) is 12.2. The molecule has 0 atom stereocenters. The number of hydrogen-bond acceptors (Lipinski definition) is 6. The fraction of sp³-hybridized carbons (Fsp3) is 0.300. The molecule has 0 aromatic heterocycles. The summed E-state index contributed by atoms with van der Waals surface area (Å²) >= 11 is 0. The number of nitrogens with zero attached hydrogens (tertiary/aromatic N) is 2. The van der Waals surface area contributed by atoms with E-state index in [4.69, 9.17) is 10.5 Å². The van der Waals surface area contributed by atoms with Crippen LogP contribution in [0.15, 0.2) is 58.3 Å². The van der Waals surface area contributed by atoms with Gasteiger partial charge in [0.25, 0.3) is 0 Å². The first-order chi connectivity index (χ1) is 14.2. The van der Waals surface area contributed by atoms with Crippen molar-refractivity contribution >= 4 is 20.0 Å². The Hall–Kier alpha value is -2.76. The number of sulfonamides is 2. The van der Waals surface area contributed by atoms with Crippen LogP contribution in [0.5, 0.6) is 0 Å². The van der Waals surface area contributed by atoms with Crippen molar-refractivity contribution in [2.75, 3.05) is 0 Å². The van der Waals surface area contributed by atoms with E-state index in [1.54, 1.807) is 0 Å². The number of benzene rings is 2. The van der Waals surface area contributed by atoms with Crippen LogP contribution in [0, 0.1) is 22.7 Å². The van der Waals surface area contributed by atoms with Crippen molar-refractivity contribution in [3.05, 3.63) is 59.7 Å². The van der Waals surface area contributed by atoms with Crippen LogP contribution in [0.25, 0.3) is 0 Å². The van der Waals surface area contributed by atoms with E-state index < -0.39 is 20.0 Å². The lowest BCUT2D eigenvalue weighted by Gasteiger charge is -2.29. The number of nitriles is 2. The van der Waals surface area contributed by atoms with Crippen LogP contribution >= 0.6 is 0 Å². The summed E-state index contributed by atoms with van der Waals surface area (Å²) in [7, 11) is -7.42. The Labute approximate surface area is 176 Å². The molecule has 10 heteroatoms. The monoisotopic (exact) mass is 444 g/mol. The van der Waals surface area contributed by atoms with Crippen molar-refractivity contribution in [2.45, 2.75) is 47.6 Å². The van der Waals surface area contributed by atoms with Gasteiger partial charge in [-0.1, -0.05) is 0 Å². The van der Waals surface area contributed by atoms with Crippen LogP contribution < -0.4 is 9.44 Å². The molecule has 0 radical (unpaired) electrons. The quantitative estimate of drug-likeness (QED) is 0.698. The molecular formula is C20H20N4O4S2. The zero-order chi connectivity index (χ0) is 21.8. The lowest BCUT2D eigenvalue weighted by Crippen LogP contribution is -2.43. The fourth-order valence-corrected chi connectivity index (χ4v) is 5.93. The van der Waals surface area contributed by atoms with Crippen LogP contribution in [-0.4, -0.2) is 28.9 Å². The van der Waals surface area contributed by atoms with Crippen LogP contribution in [0.1, 0.15) is 36.8 Å². The lowest BCUT2D eigenvalue weighted by atomic mass is 9.92. The third kappa shape index (κ3) is 5.23. The molecule has 156 valence electrons. The van der Waals surface area contributed by atoms with Crippen LogP contribution in [0.3, 0.4) is 0 Å². The second kappa shape index (κ2) is 8.94. The molecule has 0 spiro atoms. The van der Waals surface area contributed by atoms with E-state index in [1.807, 2.05) is 12.1 Å². The Kier molecular flexibility index (Phi) is 6.54. The Morgan fingerprint density at radius 1 is 0.633 bits per heavy atom. The van der Waals surface area contributed by atoms with Crippen LogP contribution in [0.2, 0.25) is 0 Å². The van der Waals surface area contributed by atoms with Gasteiger partial charge in [0.15, 0.2) is 0 Å². The average Bonchev–Trinajstić information content (AvgIpc) is 2.75. The molecule has 8 nitrogen and oxygen atoms in total. The zero-order valence-corrected chi connectivity index (χ0v) is 17.6. The van der Waals surface area contributed by atoms with Crippen molar-refractivity contribution < 1.29 is 16.8 Å². The Bertz CT molecular complexity index is 1090.